The summed E-state index contributed by atoms with van der Waals surface area (Å²) in [6.45, 7) is 8.00. The zero-order valence-electron chi connectivity index (χ0n) is 19.4. The van der Waals surface area contributed by atoms with Crippen LogP contribution in [-0.2, 0) is 4.79 Å². The number of piperazine rings is 1. The number of nitrogens with one attached hydrogen (secondary N) is 1. The third kappa shape index (κ3) is 7.17. The normalized spacial score (nSPS) is 19.2. The Morgan fingerprint density at radius 1 is 0.848 bits per heavy atom. The van der Waals surface area contributed by atoms with Crippen LogP contribution in [0.5, 0.6) is 0 Å². The lowest BCUT2D eigenvalue weighted by Gasteiger charge is -2.38. The van der Waals surface area contributed by atoms with Crippen LogP contribution in [0, 0.1) is 5.92 Å². The number of carbonyl (C=O) groups excluding carboxylic acids is 1. The van der Waals surface area contributed by atoms with Crippen molar-refractivity contribution >= 4 is 29.1 Å². The van der Waals surface area contributed by atoms with Crippen molar-refractivity contribution in [2.24, 2.45) is 5.92 Å². The van der Waals surface area contributed by atoms with Crippen LogP contribution in [0.2, 0.25) is 10.0 Å². The largest absolute Gasteiger partial charge is 0.344 e. The van der Waals surface area contributed by atoms with E-state index < -0.39 is 0 Å². The molecule has 0 radical (unpaired) electrons. The first kappa shape index (κ1) is 24.5. The van der Waals surface area contributed by atoms with E-state index in [1.165, 1.54) is 32.5 Å². The lowest BCUT2D eigenvalue weighted by molar-refractivity contribution is -0.123. The molecule has 0 atom stereocenters. The first-order chi connectivity index (χ1) is 16.0. The molecule has 2 aliphatic rings. The van der Waals surface area contributed by atoms with Crippen molar-refractivity contribution in [2.45, 2.75) is 18.9 Å². The predicted octanol–water partition coefficient (Wildman–Crippen LogP) is 4.16. The van der Waals surface area contributed by atoms with Crippen molar-refractivity contribution in [3.05, 3.63) is 69.7 Å². The van der Waals surface area contributed by atoms with E-state index in [1.54, 1.807) is 0 Å². The molecule has 0 aromatic heterocycles. The van der Waals surface area contributed by atoms with Crippen molar-refractivity contribution in [2.75, 3.05) is 59.4 Å². The topological polar surface area (TPSA) is 38.8 Å². The smallest absolute Gasteiger partial charge is 0.234 e. The van der Waals surface area contributed by atoms with E-state index in [2.05, 4.69) is 27.1 Å². The maximum atomic E-state index is 13.0. The molecule has 0 bridgehead atoms. The van der Waals surface area contributed by atoms with Crippen LogP contribution in [-0.4, -0.2) is 80.0 Å². The zero-order valence-corrected chi connectivity index (χ0v) is 20.9. The highest BCUT2D eigenvalue weighted by Gasteiger charge is 2.24. The van der Waals surface area contributed by atoms with Gasteiger partial charge in [0, 0.05) is 42.8 Å². The highest BCUT2D eigenvalue weighted by molar-refractivity contribution is 6.30. The van der Waals surface area contributed by atoms with Gasteiger partial charge in [0.25, 0.3) is 0 Å². The summed E-state index contributed by atoms with van der Waals surface area (Å²) < 4.78 is 0. The first-order valence-electron chi connectivity index (χ1n) is 11.9. The maximum absolute atomic E-state index is 13.0. The summed E-state index contributed by atoms with van der Waals surface area (Å²) in [5, 5.41) is 4.59. The fourth-order valence-electron chi connectivity index (χ4n) is 4.82. The van der Waals surface area contributed by atoms with Gasteiger partial charge in [-0.1, -0.05) is 47.5 Å². The predicted molar refractivity (Wildman–Crippen MR) is 136 cm³/mol. The Morgan fingerprint density at radius 2 is 1.33 bits per heavy atom. The Balaban J connectivity index is 1.30. The molecule has 2 heterocycles. The van der Waals surface area contributed by atoms with E-state index in [1.807, 2.05) is 48.5 Å². The minimum atomic E-state index is -0.238. The maximum Gasteiger partial charge on any atom is 0.234 e. The molecule has 33 heavy (non-hydrogen) atoms. The van der Waals surface area contributed by atoms with Gasteiger partial charge in [0.1, 0.15) is 0 Å². The summed E-state index contributed by atoms with van der Waals surface area (Å²) in [7, 11) is 2.21. The van der Waals surface area contributed by atoms with E-state index in [0.717, 1.165) is 43.2 Å². The van der Waals surface area contributed by atoms with Gasteiger partial charge in [-0.3, -0.25) is 9.69 Å². The number of carbonyl (C=O) groups is 1. The Morgan fingerprint density at radius 3 is 1.85 bits per heavy atom. The van der Waals surface area contributed by atoms with Crippen molar-refractivity contribution in [1.82, 2.24) is 20.0 Å². The van der Waals surface area contributed by atoms with Gasteiger partial charge in [0.2, 0.25) is 5.91 Å². The van der Waals surface area contributed by atoms with Gasteiger partial charge < -0.3 is 15.1 Å². The summed E-state index contributed by atoms with van der Waals surface area (Å²) >= 11 is 12.2. The number of piperidine rings is 1. The van der Waals surface area contributed by atoms with Crippen LogP contribution in [0.15, 0.2) is 48.5 Å². The second-order valence-corrected chi connectivity index (χ2v) is 10.3. The third-order valence-corrected chi connectivity index (χ3v) is 7.40. The van der Waals surface area contributed by atoms with Crippen molar-refractivity contribution in [3.63, 3.8) is 0 Å². The Labute approximate surface area is 207 Å². The minimum absolute atomic E-state index is 0.0358. The fourth-order valence-corrected chi connectivity index (χ4v) is 5.07. The molecule has 2 aliphatic heterocycles. The van der Waals surface area contributed by atoms with Crippen LogP contribution >= 0.6 is 23.2 Å². The Bertz CT molecular complexity index is 844. The monoisotopic (exact) mass is 488 g/mol. The van der Waals surface area contributed by atoms with E-state index in [4.69, 9.17) is 23.2 Å². The molecule has 7 heteroatoms. The number of rotatable bonds is 7. The molecule has 2 saturated heterocycles. The van der Waals surface area contributed by atoms with Crippen LogP contribution in [0.25, 0.3) is 0 Å². The molecular formula is C26H34Cl2N4O. The molecule has 5 nitrogen and oxygen atoms in total. The van der Waals surface area contributed by atoms with E-state index in [-0.39, 0.29) is 11.9 Å². The van der Waals surface area contributed by atoms with Gasteiger partial charge in [-0.2, -0.15) is 0 Å². The summed E-state index contributed by atoms with van der Waals surface area (Å²) in [5.41, 5.74) is 2.00. The van der Waals surface area contributed by atoms with Gasteiger partial charge in [0.15, 0.2) is 0 Å². The Kier molecular flexibility index (Phi) is 8.67. The van der Waals surface area contributed by atoms with E-state index in [0.29, 0.717) is 16.6 Å². The summed E-state index contributed by atoms with van der Waals surface area (Å²) in [6, 6.07) is 15.0. The quantitative estimate of drug-likeness (QED) is 0.634. The SMILES string of the molecule is CN1CCC(CN2CCN(CC(=O)NC(c3ccc(Cl)cc3)c3ccc(Cl)cc3)CC2)CC1. The molecule has 0 unspecified atom stereocenters. The van der Waals surface area contributed by atoms with Crippen LogP contribution < -0.4 is 5.32 Å². The summed E-state index contributed by atoms with van der Waals surface area (Å²) in [6.07, 6.45) is 2.60. The molecule has 0 spiro atoms. The second-order valence-electron chi connectivity index (χ2n) is 9.43. The van der Waals surface area contributed by atoms with Crippen LogP contribution in [0.3, 0.4) is 0 Å². The van der Waals surface area contributed by atoms with Gasteiger partial charge in [-0.05, 0) is 74.3 Å². The second kappa shape index (κ2) is 11.7. The average molecular weight is 489 g/mol. The Hall–Kier alpha value is -1.63. The van der Waals surface area contributed by atoms with Crippen LogP contribution in [0.1, 0.15) is 30.0 Å². The lowest BCUT2D eigenvalue weighted by atomic mass is 9.96. The molecule has 1 N–H and O–H groups in total. The highest BCUT2D eigenvalue weighted by atomic mass is 35.5. The van der Waals surface area contributed by atoms with Crippen molar-refractivity contribution < 1.29 is 4.79 Å². The number of amides is 1. The number of hydrogen-bond acceptors (Lipinski definition) is 4. The molecular weight excluding hydrogens is 455 g/mol. The number of halogens is 2. The van der Waals surface area contributed by atoms with Gasteiger partial charge in [-0.15, -0.1) is 0 Å². The molecule has 2 aromatic rings. The molecule has 4 rings (SSSR count). The van der Waals surface area contributed by atoms with Gasteiger partial charge >= 0.3 is 0 Å². The minimum Gasteiger partial charge on any atom is -0.344 e. The molecule has 0 saturated carbocycles. The summed E-state index contributed by atoms with van der Waals surface area (Å²) in [4.78, 5) is 20.3. The van der Waals surface area contributed by atoms with Crippen LogP contribution in [0.4, 0.5) is 0 Å². The zero-order chi connectivity index (χ0) is 23.2. The fraction of sp³-hybridized carbons (Fsp3) is 0.500. The summed E-state index contributed by atoms with van der Waals surface area (Å²) in [5.74, 6) is 0.851. The number of benzene rings is 2. The van der Waals surface area contributed by atoms with E-state index >= 15 is 0 Å². The first-order valence-corrected chi connectivity index (χ1v) is 12.7. The lowest BCUT2D eigenvalue weighted by Crippen LogP contribution is -2.51. The number of likely N-dealkylation sites (tertiary alicyclic amines) is 1. The third-order valence-electron chi connectivity index (χ3n) is 6.90. The molecule has 2 aromatic carbocycles. The van der Waals surface area contributed by atoms with Crippen molar-refractivity contribution in [3.8, 4) is 0 Å². The van der Waals surface area contributed by atoms with E-state index in [9.17, 15) is 4.79 Å². The number of nitrogens with zero attached hydrogens (tertiary/aromatic N) is 3. The molecule has 1 amide bonds. The van der Waals surface area contributed by atoms with Gasteiger partial charge in [0.05, 0.1) is 12.6 Å². The average Bonchev–Trinajstić information content (AvgIpc) is 2.82. The molecule has 0 aliphatic carbocycles. The highest BCUT2D eigenvalue weighted by Crippen LogP contribution is 2.25. The molecule has 2 fully saturated rings. The molecule has 178 valence electrons. The van der Waals surface area contributed by atoms with Crippen molar-refractivity contribution in [1.29, 1.82) is 0 Å². The number of hydrogen-bond donors (Lipinski definition) is 1. The van der Waals surface area contributed by atoms with Gasteiger partial charge in [-0.25, -0.2) is 0 Å². The standard InChI is InChI=1S/C26H34Cl2N4O/c1-30-12-10-20(11-13-30)18-31-14-16-32(17-15-31)19-25(33)29-26(21-2-6-23(27)7-3-21)22-4-8-24(28)9-5-22/h2-9,20,26H,10-19H2,1H3,(H,29,33).